The lowest BCUT2D eigenvalue weighted by molar-refractivity contribution is 0.166. The summed E-state index contributed by atoms with van der Waals surface area (Å²) in [6, 6.07) is 4.75. The smallest absolute Gasteiger partial charge is 0.125 e. The monoisotopic (exact) mass is 293 g/mol. The standard InChI is InChI=1S/C17H24ClNO/c1-11(2)19-10-14-4-3-12(14)7-15-9-16(18)8-13-5-6-20-17(13)15/h8-9,11-12,14,19H,3-7,10H2,1-2H3. The topological polar surface area (TPSA) is 21.3 Å². The Morgan fingerprint density at radius 2 is 2.10 bits per heavy atom. The molecule has 1 N–H and O–H groups in total. The molecule has 3 heteroatoms. The minimum atomic E-state index is 0.579. The van der Waals surface area contributed by atoms with Crippen molar-refractivity contribution in [2.45, 2.75) is 45.6 Å². The van der Waals surface area contributed by atoms with Gasteiger partial charge in [-0.15, -0.1) is 0 Å². The number of ether oxygens (including phenoxy) is 1. The van der Waals surface area contributed by atoms with E-state index in [0.29, 0.717) is 6.04 Å². The number of hydrogen-bond donors (Lipinski definition) is 1. The van der Waals surface area contributed by atoms with Crippen LogP contribution >= 0.6 is 11.6 Å². The summed E-state index contributed by atoms with van der Waals surface area (Å²) in [4.78, 5) is 0. The van der Waals surface area contributed by atoms with Gasteiger partial charge in [0, 0.05) is 17.5 Å². The second-order valence-electron chi connectivity index (χ2n) is 6.52. The number of fused-ring (bicyclic) bond motifs is 1. The van der Waals surface area contributed by atoms with Crippen molar-refractivity contribution >= 4 is 11.6 Å². The summed E-state index contributed by atoms with van der Waals surface area (Å²) in [5.74, 6) is 2.72. The zero-order valence-corrected chi connectivity index (χ0v) is 13.2. The molecule has 0 saturated heterocycles. The molecule has 0 radical (unpaired) electrons. The van der Waals surface area contributed by atoms with Gasteiger partial charge in [0.05, 0.1) is 6.61 Å². The summed E-state index contributed by atoms with van der Waals surface area (Å²) in [6.07, 6.45) is 4.82. The Balaban J connectivity index is 1.66. The van der Waals surface area contributed by atoms with Gasteiger partial charge < -0.3 is 10.1 Å². The van der Waals surface area contributed by atoms with Crippen molar-refractivity contribution in [3.8, 4) is 5.75 Å². The molecule has 0 aromatic heterocycles. The maximum absolute atomic E-state index is 6.24. The van der Waals surface area contributed by atoms with Crippen molar-refractivity contribution in [1.29, 1.82) is 0 Å². The maximum atomic E-state index is 6.24. The molecule has 2 atom stereocenters. The zero-order chi connectivity index (χ0) is 14.1. The Bertz CT molecular complexity index is 486. The van der Waals surface area contributed by atoms with Crippen LogP contribution in [0.1, 0.15) is 37.8 Å². The first-order valence-corrected chi connectivity index (χ1v) is 8.18. The highest BCUT2D eigenvalue weighted by molar-refractivity contribution is 6.30. The molecule has 0 amide bonds. The molecule has 110 valence electrons. The van der Waals surface area contributed by atoms with Gasteiger partial charge >= 0.3 is 0 Å². The Morgan fingerprint density at radius 1 is 1.30 bits per heavy atom. The molecule has 1 aromatic rings. The average molecular weight is 294 g/mol. The van der Waals surface area contributed by atoms with Gasteiger partial charge in [-0.1, -0.05) is 25.4 Å². The summed E-state index contributed by atoms with van der Waals surface area (Å²) in [7, 11) is 0. The van der Waals surface area contributed by atoms with Crippen LogP contribution in [0, 0.1) is 11.8 Å². The van der Waals surface area contributed by atoms with E-state index in [9.17, 15) is 0 Å². The third-order valence-corrected chi connectivity index (χ3v) is 4.89. The number of rotatable bonds is 5. The van der Waals surface area contributed by atoms with E-state index in [-0.39, 0.29) is 0 Å². The van der Waals surface area contributed by atoms with Crippen LogP contribution in [0.2, 0.25) is 5.02 Å². The molecule has 3 rings (SSSR count). The van der Waals surface area contributed by atoms with Crippen LogP contribution in [-0.4, -0.2) is 19.2 Å². The van der Waals surface area contributed by atoms with Crippen LogP contribution in [0.5, 0.6) is 5.75 Å². The second-order valence-corrected chi connectivity index (χ2v) is 6.95. The lowest BCUT2D eigenvalue weighted by Crippen LogP contribution is -2.38. The van der Waals surface area contributed by atoms with Crippen molar-refractivity contribution in [2.24, 2.45) is 11.8 Å². The van der Waals surface area contributed by atoms with E-state index >= 15 is 0 Å². The van der Waals surface area contributed by atoms with Crippen molar-refractivity contribution in [1.82, 2.24) is 5.32 Å². The third kappa shape index (κ3) is 2.96. The molecular formula is C17H24ClNO. The first-order valence-electron chi connectivity index (χ1n) is 7.81. The molecule has 0 bridgehead atoms. The van der Waals surface area contributed by atoms with Gasteiger partial charge in [-0.05, 0) is 60.9 Å². The van der Waals surface area contributed by atoms with E-state index in [1.165, 1.54) is 24.0 Å². The van der Waals surface area contributed by atoms with E-state index in [0.717, 1.165) is 48.6 Å². The van der Waals surface area contributed by atoms with E-state index in [1.54, 1.807) is 0 Å². The molecule has 1 aliphatic heterocycles. The van der Waals surface area contributed by atoms with Gasteiger partial charge in [0.15, 0.2) is 0 Å². The summed E-state index contributed by atoms with van der Waals surface area (Å²) in [5.41, 5.74) is 2.62. The van der Waals surface area contributed by atoms with Crippen LogP contribution < -0.4 is 10.1 Å². The van der Waals surface area contributed by atoms with E-state index < -0.39 is 0 Å². The van der Waals surface area contributed by atoms with Gasteiger partial charge in [-0.2, -0.15) is 0 Å². The zero-order valence-electron chi connectivity index (χ0n) is 12.4. The van der Waals surface area contributed by atoms with Crippen molar-refractivity contribution in [3.05, 3.63) is 28.3 Å². The molecule has 1 aliphatic carbocycles. The van der Waals surface area contributed by atoms with Crippen LogP contribution in [0.15, 0.2) is 12.1 Å². The molecule has 20 heavy (non-hydrogen) atoms. The van der Waals surface area contributed by atoms with E-state index in [2.05, 4.69) is 31.3 Å². The number of halogens is 1. The SMILES string of the molecule is CC(C)NCC1CCC1Cc1cc(Cl)cc2c1OCC2. The summed E-state index contributed by atoms with van der Waals surface area (Å²) in [5, 5.41) is 4.43. The highest BCUT2D eigenvalue weighted by atomic mass is 35.5. The predicted octanol–water partition coefficient (Wildman–Crippen LogP) is 3.84. The fourth-order valence-corrected chi connectivity index (χ4v) is 3.61. The maximum Gasteiger partial charge on any atom is 0.125 e. The fourth-order valence-electron chi connectivity index (χ4n) is 3.34. The summed E-state index contributed by atoms with van der Waals surface area (Å²) < 4.78 is 5.81. The minimum absolute atomic E-state index is 0.579. The van der Waals surface area contributed by atoms with Crippen molar-refractivity contribution in [2.75, 3.05) is 13.2 Å². The average Bonchev–Trinajstić information content (AvgIpc) is 2.82. The molecule has 1 heterocycles. The molecule has 2 nitrogen and oxygen atoms in total. The van der Waals surface area contributed by atoms with Gasteiger partial charge in [-0.3, -0.25) is 0 Å². The number of benzene rings is 1. The normalized spacial score (nSPS) is 24.4. The van der Waals surface area contributed by atoms with Gasteiger partial charge in [0.1, 0.15) is 5.75 Å². The third-order valence-electron chi connectivity index (χ3n) is 4.67. The highest BCUT2D eigenvalue weighted by Crippen LogP contribution is 2.41. The van der Waals surface area contributed by atoms with Crippen molar-refractivity contribution in [3.63, 3.8) is 0 Å². The summed E-state index contributed by atoms with van der Waals surface area (Å²) in [6.45, 7) is 6.38. The molecule has 0 spiro atoms. The number of nitrogens with one attached hydrogen (secondary N) is 1. The van der Waals surface area contributed by atoms with Gasteiger partial charge in [0.25, 0.3) is 0 Å². The molecule has 1 fully saturated rings. The van der Waals surface area contributed by atoms with E-state index in [4.69, 9.17) is 16.3 Å². The van der Waals surface area contributed by atoms with Crippen LogP contribution in [0.4, 0.5) is 0 Å². The molecule has 2 aliphatic rings. The summed E-state index contributed by atoms with van der Waals surface area (Å²) >= 11 is 6.24. The Morgan fingerprint density at radius 3 is 2.80 bits per heavy atom. The molecular weight excluding hydrogens is 270 g/mol. The van der Waals surface area contributed by atoms with Crippen molar-refractivity contribution < 1.29 is 4.74 Å². The van der Waals surface area contributed by atoms with Gasteiger partial charge in [0.2, 0.25) is 0 Å². The van der Waals surface area contributed by atoms with Crippen LogP contribution in [0.3, 0.4) is 0 Å². The highest BCUT2D eigenvalue weighted by Gasteiger charge is 2.32. The van der Waals surface area contributed by atoms with Crippen LogP contribution in [-0.2, 0) is 12.8 Å². The predicted molar refractivity (Wildman–Crippen MR) is 83.7 cm³/mol. The lowest BCUT2D eigenvalue weighted by atomic mass is 9.70. The van der Waals surface area contributed by atoms with Gasteiger partial charge in [-0.25, -0.2) is 0 Å². The quantitative estimate of drug-likeness (QED) is 0.890. The first kappa shape index (κ1) is 14.2. The van der Waals surface area contributed by atoms with E-state index in [1.807, 2.05) is 0 Å². The van der Waals surface area contributed by atoms with Crippen LogP contribution in [0.25, 0.3) is 0 Å². The Labute approximate surface area is 126 Å². The number of hydrogen-bond acceptors (Lipinski definition) is 2. The second kappa shape index (κ2) is 5.95. The minimum Gasteiger partial charge on any atom is -0.493 e. The molecule has 2 unspecified atom stereocenters. The Kier molecular flexibility index (Phi) is 4.23. The lowest BCUT2D eigenvalue weighted by Gasteiger charge is -2.37. The Hall–Kier alpha value is -0.730. The molecule has 1 saturated carbocycles. The largest absolute Gasteiger partial charge is 0.493 e. The first-order chi connectivity index (χ1) is 9.63. The molecule has 1 aromatic carbocycles. The fraction of sp³-hybridized carbons (Fsp3) is 0.647.